The fourth-order valence-electron chi connectivity index (χ4n) is 2.05. The van der Waals surface area contributed by atoms with Crippen molar-refractivity contribution in [1.82, 2.24) is 0 Å². The standard InChI is InChI=1S/C13H15NO/c1-11-3-5-12(6-4-11)13(9-14)7-2-8-15-10-13/h3-6H,2,7-8,10H2,1H3/t13-/m0/s1. The van der Waals surface area contributed by atoms with Gasteiger partial charge in [-0.05, 0) is 25.3 Å². The first-order valence-electron chi connectivity index (χ1n) is 5.33. The van der Waals surface area contributed by atoms with Gasteiger partial charge in [0.15, 0.2) is 0 Å². The second kappa shape index (κ2) is 4.04. The minimum Gasteiger partial charge on any atom is -0.379 e. The molecule has 0 unspecified atom stereocenters. The number of hydrogen-bond acceptors (Lipinski definition) is 2. The Morgan fingerprint density at radius 1 is 1.33 bits per heavy atom. The number of nitrogens with zero attached hydrogens (tertiary/aromatic N) is 1. The Kier molecular flexibility index (Phi) is 2.75. The molecule has 0 radical (unpaired) electrons. The maximum absolute atomic E-state index is 9.33. The summed E-state index contributed by atoms with van der Waals surface area (Å²) in [6, 6.07) is 10.6. The fourth-order valence-corrected chi connectivity index (χ4v) is 2.05. The molecule has 2 rings (SSSR count). The molecular formula is C13H15NO. The summed E-state index contributed by atoms with van der Waals surface area (Å²) in [6.07, 6.45) is 1.88. The van der Waals surface area contributed by atoms with Crippen molar-refractivity contribution in [3.63, 3.8) is 0 Å². The van der Waals surface area contributed by atoms with E-state index in [0.29, 0.717) is 6.61 Å². The van der Waals surface area contributed by atoms with Gasteiger partial charge in [-0.2, -0.15) is 5.26 Å². The summed E-state index contributed by atoms with van der Waals surface area (Å²) in [4.78, 5) is 0. The molecule has 1 aliphatic heterocycles. The van der Waals surface area contributed by atoms with Crippen LogP contribution in [0.3, 0.4) is 0 Å². The monoisotopic (exact) mass is 201 g/mol. The van der Waals surface area contributed by atoms with Gasteiger partial charge in [0.25, 0.3) is 0 Å². The van der Waals surface area contributed by atoms with Gasteiger partial charge in [-0.15, -0.1) is 0 Å². The maximum atomic E-state index is 9.33. The van der Waals surface area contributed by atoms with Gasteiger partial charge < -0.3 is 4.74 Å². The van der Waals surface area contributed by atoms with Gasteiger partial charge in [-0.25, -0.2) is 0 Å². The minimum absolute atomic E-state index is 0.411. The Bertz CT molecular complexity index is 369. The Balaban J connectivity index is 2.33. The van der Waals surface area contributed by atoms with Crippen molar-refractivity contribution >= 4 is 0 Å². The van der Waals surface area contributed by atoms with E-state index in [1.807, 2.05) is 12.1 Å². The van der Waals surface area contributed by atoms with E-state index in [1.54, 1.807) is 0 Å². The summed E-state index contributed by atoms with van der Waals surface area (Å²) < 4.78 is 5.44. The lowest BCUT2D eigenvalue weighted by atomic mass is 9.77. The van der Waals surface area contributed by atoms with E-state index in [9.17, 15) is 5.26 Å². The summed E-state index contributed by atoms with van der Waals surface area (Å²) in [7, 11) is 0. The van der Waals surface area contributed by atoms with E-state index in [4.69, 9.17) is 4.74 Å². The van der Waals surface area contributed by atoms with Gasteiger partial charge >= 0.3 is 0 Å². The van der Waals surface area contributed by atoms with Crippen LogP contribution in [0.15, 0.2) is 24.3 Å². The number of ether oxygens (including phenoxy) is 1. The van der Waals surface area contributed by atoms with E-state index < -0.39 is 5.41 Å². The molecule has 1 saturated heterocycles. The fraction of sp³-hybridized carbons (Fsp3) is 0.462. The van der Waals surface area contributed by atoms with Crippen molar-refractivity contribution in [3.8, 4) is 6.07 Å². The lowest BCUT2D eigenvalue weighted by Gasteiger charge is -2.31. The van der Waals surface area contributed by atoms with Crippen LogP contribution in [0.5, 0.6) is 0 Å². The SMILES string of the molecule is Cc1ccc([C@]2(C#N)CCCOC2)cc1. The maximum Gasteiger partial charge on any atom is 0.106 e. The molecule has 0 N–H and O–H groups in total. The molecule has 78 valence electrons. The van der Waals surface area contributed by atoms with Crippen molar-refractivity contribution in [1.29, 1.82) is 5.26 Å². The molecule has 1 aliphatic rings. The zero-order valence-corrected chi connectivity index (χ0v) is 8.99. The Labute approximate surface area is 90.5 Å². The van der Waals surface area contributed by atoms with Crippen LogP contribution < -0.4 is 0 Å². The highest BCUT2D eigenvalue weighted by molar-refractivity contribution is 5.34. The molecule has 0 amide bonds. The average molecular weight is 201 g/mol. The molecule has 15 heavy (non-hydrogen) atoms. The van der Waals surface area contributed by atoms with E-state index in [2.05, 4.69) is 25.1 Å². The Morgan fingerprint density at radius 3 is 2.60 bits per heavy atom. The van der Waals surface area contributed by atoms with Crippen LogP contribution in [0.1, 0.15) is 24.0 Å². The van der Waals surface area contributed by atoms with Gasteiger partial charge in [0.2, 0.25) is 0 Å². The molecule has 1 atom stereocenters. The van der Waals surface area contributed by atoms with E-state index >= 15 is 0 Å². The molecule has 1 heterocycles. The molecule has 1 aromatic rings. The number of rotatable bonds is 1. The zero-order chi connectivity index (χ0) is 10.7. The minimum atomic E-state index is -0.411. The van der Waals surface area contributed by atoms with E-state index in [0.717, 1.165) is 25.0 Å². The first-order valence-corrected chi connectivity index (χ1v) is 5.33. The third kappa shape index (κ3) is 1.88. The highest BCUT2D eigenvalue weighted by Crippen LogP contribution is 2.32. The van der Waals surface area contributed by atoms with Crippen LogP contribution in [0.2, 0.25) is 0 Å². The number of aryl methyl sites for hydroxylation is 1. The normalized spacial score (nSPS) is 25.9. The predicted octanol–water partition coefficient (Wildman–Crippen LogP) is 2.57. The highest BCUT2D eigenvalue weighted by Gasteiger charge is 2.34. The summed E-state index contributed by atoms with van der Waals surface area (Å²) in [5.41, 5.74) is 1.91. The van der Waals surface area contributed by atoms with Gasteiger partial charge in [0, 0.05) is 6.61 Å². The highest BCUT2D eigenvalue weighted by atomic mass is 16.5. The molecule has 0 aromatic heterocycles. The molecule has 0 aliphatic carbocycles. The third-order valence-electron chi connectivity index (χ3n) is 3.06. The van der Waals surface area contributed by atoms with Gasteiger partial charge in [0.1, 0.15) is 5.41 Å². The first-order chi connectivity index (χ1) is 7.27. The lowest BCUT2D eigenvalue weighted by molar-refractivity contribution is 0.0563. The van der Waals surface area contributed by atoms with E-state index in [-0.39, 0.29) is 0 Å². The third-order valence-corrected chi connectivity index (χ3v) is 3.06. The summed E-state index contributed by atoms with van der Waals surface area (Å²) >= 11 is 0. The summed E-state index contributed by atoms with van der Waals surface area (Å²) in [5, 5.41) is 9.33. The Morgan fingerprint density at radius 2 is 2.07 bits per heavy atom. The average Bonchev–Trinajstić information content (AvgIpc) is 2.31. The van der Waals surface area contributed by atoms with Crippen LogP contribution in [0.25, 0.3) is 0 Å². The van der Waals surface area contributed by atoms with Crippen LogP contribution >= 0.6 is 0 Å². The molecule has 2 nitrogen and oxygen atoms in total. The topological polar surface area (TPSA) is 33.0 Å². The number of benzene rings is 1. The first kappa shape index (κ1) is 10.2. The summed E-state index contributed by atoms with van der Waals surface area (Å²) in [6.45, 7) is 3.38. The van der Waals surface area contributed by atoms with Gasteiger partial charge in [-0.3, -0.25) is 0 Å². The van der Waals surface area contributed by atoms with Gasteiger partial charge in [0.05, 0.1) is 12.7 Å². The van der Waals surface area contributed by atoms with Crippen molar-refractivity contribution < 1.29 is 4.74 Å². The van der Waals surface area contributed by atoms with Crippen LogP contribution in [0.4, 0.5) is 0 Å². The number of nitriles is 1. The largest absolute Gasteiger partial charge is 0.379 e. The quantitative estimate of drug-likeness (QED) is 0.699. The van der Waals surface area contributed by atoms with Crippen LogP contribution in [-0.2, 0) is 10.2 Å². The van der Waals surface area contributed by atoms with Crippen molar-refractivity contribution in [2.75, 3.05) is 13.2 Å². The van der Waals surface area contributed by atoms with Gasteiger partial charge in [-0.1, -0.05) is 29.8 Å². The van der Waals surface area contributed by atoms with Crippen molar-refractivity contribution in [2.24, 2.45) is 0 Å². The van der Waals surface area contributed by atoms with E-state index in [1.165, 1.54) is 5.56 Å². The molecule has 1 aromatic carbocycles. The predicted molar refractivity (Wildman–Crippen MR) is 58.5 cm³/mol. The molecule has 2 heteroatoms. The van der Waals surface area contributed by atoms with Crippen molar-refractivity contribution in [2.45, 2.75) is 25.2 Å². The molecular weight excluding hydrogens is 186 g/mol. The van der Waals surface area contributed by atoms with Crippen LogP contribution in [-0.4, -0.2) is 13.2 Å². The van der Waals surface area contributed by atoms with Crippen molar-refractivity contribution in [3.05, 3.63) is 35.4 Å². The lowest BCUT2D eigenvalue weighted by Crippen LogP contribution is -2.34. The smallest absolute Gasteiger partial charge is 0.106 e. The zero-order valence-electron chi connectivity index (χ0n) is 8.99. The number of hydrogen-bond donors (Lipinski definition) is 0. The second-order valence-corrected chi connectivity index (χ2v) is 4.22. The van der Waals surface area contributed by atoms with Crippen LogP contribution in [0, 0.1) is 18.3 Å². The Hall–Kier alpha value is -1.33. The summed E-state index contributed by atoms with van der Waals surface area (Å²) in [5.74, 6) is 0. The molecule has 0 spiro atoms. The molecule has 0 bridgehead atoms. The molecule has 0 saturated carbocycles. The second-order valence-electron chi connectivity index (χ2n) is 4.22. The molecule has 1 fully saturated rings.